The summed E-state index contributed by atoms with van der Waals surface area (Å²) in [6, 6.07) is 3.28. The Morgan fingerprint density at radius 2 is 2.16 bits per heavy atom. The molecule has 3 N–H and O–H groups in total. The Balaban J connectivity index is 2.07. The molecule has 0 aliphatic carbocycles. The van der Waals surface area contributed by atoms with Gasteiger partial charge in [-0.25, -0.2) is 4.98 Å². The summed E-state index contributed by atoms with van der Waals surface area (Å²) in [6.45, 7) is 4.21. The maximum atomic E-state index is 12.0. The first-order valence-corrected chi connectivity index (χ1v) is 5.97. The van der Waals surface area contributed by atoms with E-state index in [1.54, 1.807) is 29.9 Å². The van der Waals surface area contributed by atoms with Crippen LogP contribution in [0, 0.1) is 13.8 Å². The summed E-state index contributed by atoms with van der Waals surface area (Å²) in [7, 11) is 1.87. The number of carbonyl (C=O) groups is 1. The van der Waals surface area contributed by atoms with Gasteiger partial charge in [-0.2, -0.15) is 5.10 Å². The van der Waals surface area contributed by atoms with Crippen molar-refractivity contribution in [2.45, 2.75) is 20.4 Å². The molecule has 0 bridgehead atoms. The van der Waals surface area contributed by atoms with Crippen molar-refractivity contribution >= 4 is 11.7 Å². The fraction of sp³-hybridized carbons (Fsp3) is 0.308. The second-order valence-corrected chi connectivity index (χ2v) is 4.48. The second-order valence-electron chi connectivity index (χ2n) is 4.48. The van der Waals surface area contributed by atoms with Crippen LogP contribution in [0.4, 0.5) is 5.82 Å². The topological polar surface area (TPSA) is 85.8 Å². The molecule has 6 heteroatoms. The van der Waals surface area contributed by atoms with Crippen molar-refractivity contribution in [2.75, 3.05) is 5.73 Å². The van der Waals surface area contributed by atoms with Crippen molar-refractivity contribution in [3.63, 3.8) is 0 Å². The summed E-state index contributed by atoms with van der Waals surface area (Å²) in [6.07, 6.45) is 1.75. The van der Waals surface area contributed by atoms with Crippen LogP contribution in [0.25, 0.3) is 0 Å². The SMILES string of the molecule is Cc1cc(C(=O)NCc2cnn(C)c2C)cc(N)n1. The van der Waals surface area contributed by atoms with Gasteiger partial charge in [0.2, 0.25) is 0 Å². The van der Waals surface area contributed by atoms with Crippen molar-refractivity contribution in [3.8, 4) is 0 Å². The molecule has 100 valence electrons. The molecule has 2 rings (SSSR count). The van der Waals surface area contributed by atoms with Crippen LogP contribution in [0.1, 0.15) is 27.3 Å². The number of rotatable bonds is 3. The van der Waals surface area contributed by atoms with Gasteiger partial charge >= 0.3 is 0 Å². The first-order chi connectivity index (χ1) is 8.97. The van der Waals surface area contributed by atoms with Gasteiger partial charge in [-0.3, -0.25) is 9.48 Å². The van der Waals surface area contributed by atoms with Gasteiger partial charge in [-0.1, -0.05) is 0 Å². The number of pyridine rings is 1. The molecule has 6 nitrogen and oxygen atoms in total. The van der Waals surface area contributed by atoms with Crippen molar-refractivity contribution in [2.24, 2.45) is 7.05 Å². The number of nitrogens with two attached hydrogens (primary N) is 1. The minimum absolute atomic E-state index is 0.166. The molecule has 0 fully saturated rings. The zero-order valence-corrected chi connectivity index (χ0v) is 11.3. The lowest BCUT2D eigenvalue weighted by Gasteiger charge is -2.06. The molecule has 0 atom stereocenters. The highest BCUT2D eigenvalue weighted by atomic mass is 16.1. The van der Waals surface area contributed by atoms with E-state index in [0.717, 1.165) is 17.0 Å². The highest BCUT2D eigenvalue weighted by molar-refractivity contribution is 5.94. The Hall–Kier alpha value is -2.37. The molecule has 0 saturated carbocycles. The third-order valence-corrected chi connectivity index (χ3v) is 3.01. The van der Waals surface area contributed by atoms with Crippen LogP contribution in [-0.2, 0) is 13.6 Å². The lowest BCUT2D eigenvalue weighted by molar-refractivity contribution is 0.0950. The third kappa shape index (κ3) is 2.90. The summed E-state index contributed by atoms with van der Waals surface area (Å²) in [4.78, 5) is 16.1. The molecule has 1 amide bonds. The Morgan fingerprint density at radius 1 is 1.42 bits per heavy atom. The van der Waals surface area contributed by atoms with E-state index in [1.165, 1.54) is 0 Å². The lowest BCUT2D eigenvalue weighted by Crippen LogP contribution is -2.23. The molecule has 0 spiro atoms. The molecule has 2 heterocycles. The molecular weight excluding hydrogens is 242 g/mol. The molecule has 0 unspecified atom stereocenters. The standard InChI is InChI=1S/C13H17N5O/c1-8-4-10(5-12(14)17-8)13(19)15-6-11-7-16-18(3)9(11)2/h4-5,7H,6H2,1-3H3,(H2,14,17)(H,15,19). The minimum atomic E-state index is -0.166. The average Bonchev–Trinajstić information content (AvgIpc) is 2.66. The molecule has 2 aromatic rings. The van der Waals surface area contributed by atoms with E-state index in [4.69, 9.17) is 5.73 Å². The molecule has 0 aliphatic heterocycles. The van der Waals surface area contributed by atoms with E-state index in [9.17, 15) is 4.79 Å². The molecular formula is C13H17N5O. The number of aryl methyl sites for hydroxylation is 2. The Morgan fingerprint density at radius 3 is 2.74 bits per heavy atom. The maximum absolute atomic E-state index is 12.0. The summed E-state index contributed by atoms with van der Waals surface area (Å²) in [5.41, 5.74) is 8.90. The molecule has 0 radical (unpaired) electrons. The molecule has 0 aliphatic rings. The predicted molar refractivity (Wildman–Crippen MR) is 72.5 cm³/mol. The van der Waals surface area contributed by atoms with Gasteiger partial charge in [0.05, 0.1) is 6.20 Å². The van der Waals surface area contributed by atoms with Crippen molar-refractivity contribution in [3.05, 3.63) is 40.8 Å². The second kappa shape index (κ2) is 5.09. The van der Waals surface area contributed by atoms with Crippen molar-refractivity contribution in [1.29, 1.82) is 0 Å². The Bertz CT molecular complexity index is 597. The van der Waals surface area contributed by atoms with Crippen LogP contribution < -0.4 is 11.1 Å². The number of nitrogens with one attached hydrogen (secondary N) is 1. The van der Waals surface area contributed by atoms with E-state index in [0.29, 0.717) is 17.9 Å². The van der Waals surface area contributed by atoms with E-state index < -0.39 is 0 Å². The molecule has 0 saturated heterocycles. The van der Waals surface area contributed by atoms with Crippen LogP contribution in [0.5, 0.6) is 0 Å². The Kier molecular flexibility index (Phi) is 3.50. The van der Waals surface area contributed by atoms with Gasteiger partial charge in [0.1, 0.15) is 5.82 Å². The third-order valence-electron chi connectivity index (χ3n) is 3.01. The zero-order chi connectivity index (χ0) is 14.0. The smallest absolute Gasteiger partial charge is 0.251 e. The van der Waals surface area contributed by atoms with Crippen LogP contribution >= 0.6 is 0 Å². The number of hydrogen-bond donors (Lipinski definition) is 2. The zero-order valence-electron chi connectivity index (χ0n) is 11.3. The van der Waals surface area contributed by atoms with Crippen LogP contribution in [0.15, 0.2) is 18.3 Å². The lowest BCUT2D eigenvalue weighted by atomic mass is 10.2. The monoisotopic (exact) mass is 259 g/mol. The normalized spacial score (nSPS) is 10.5. The summed E-state index contributed by atoms with van der Waals surface area (Å²) in [5.74, 6) is 0.183. The first kappa shape index (κ1) is 13.1. The summed E-state index contributed by atoms with van der Waals surface area (Å²) in [5, 5.41) is 6.98. The van der Waals surface area contributed by atoms with Crippen molar-refractivity contribution in [1.82, 2.24) is 20.1 Å². The fourth-order valence-corrected chi connectivity index (χ4v) is 1.82. The number of amides is 1. The van der Waals surface area contributed by atoms with Crippen LogP contribution in [0.3, 0.4) is 0 Å². The number of nitrogens with zero attached hydrogens (tertiary/aromatic N) is 3. The van der Waals surface area contributed by atoms with Gasteiger partial charge in [0, 0.05) is 36.1 Å². The maximum Gasteiger partial charge on any atom is 0.251 e. The number of hydrogen-bond acceptors (Lipinski definition) is 4. The van der Waals surface area contributed by atoms with E-state index in [2.05, 4.69) is 15.4 Å². The van der Waals surface area contributed by atoms with E-state index in [-0.39, 0.29) is 5.91 Å². The summed E-state index contributed by atoms with van der Waals surface area (Å²) >= 11 is 0. The fourth-order valence-electron chi connectivity index (χ4n) is 1.82. The number of anilines is 1. The first-order valence-electron chi connectivity index (χ1n) is 5.97. The van der Waals surface area contributed by atoms with E-state index >= 15 is 0 Å². The van der Waals surface area contributed by atoms with Crippen LogP contribution in [-0.4, -0.2) is 20.7 Å². The van der Waals surface area contributed by atoms with Crippen LogP contribution in [0.2, 0.25) is 0 Å². The average molecular weight is 259 g/mol. The van der Waals surface area contributed by atoms with Gasteiger partial charge < -0.3 is 11.1 Å². The van der Waals surface area contributed by atoms with E-state index in [1.807, 2.05) is 14.0 Å². The molecule has 2 aromatic heterocycles. The number of aromatic nitrogens is 3. The van der Waals surface area contributed by atoms with Crippen molar-refractivity contribution < 1.29 is 4.79 Å². The molecule has 19 heavy (non-hydrogen) atoms. The highest BCUT2D eigenvalue weighted by Gasteiger charge is 2.09. The number of nitrogen functional groups attached to an aromatic ring is 1. The Labute approximate surface area is 111 Å². The predicted octanol–water partition coefficient (Wildman–Crippen LogP) is 0.944. The number of carbonyl (C=O) groups excluding carboxylic acids is 1. The van der Waals surface area contributed by atoms with Gasteiger partial charge in [-0.15, -0.1) is 0 Å². The van der Waals surface area contributed by atoms with Gasteiger partial charge in [0.25, 0.3) is 5.91 Å². The highest BCUT2D eigenvalue weighted by Crippen LogP contribution is 2.08. The van der Waals surface area contributed by atoms with Gasteiger partial charge in [0.15, 0.2) is 0 Å². The quantitative estimate of drug-likeness (QED) is 0.859. The summed E-state index contributed by atoms with van der Waals surface area (Å²) < 4.78 is 1.77. The largest absolute Gasteiger partial charge is 0.384 e. The minimum Gasteiger partial charge on any atom is -0.384 e. The van der Waals surface area contributed by atoms with Gasteiger partial charge in [-0.05, 0) is 26.0 Å². The molecule has 0 aromatic carbocycles.